The quantitative estimate of drug-likeness (QED) is 0.671. The molecule has 4 nitrogen and oxygen atoms in total. The van der Waals surface area contributed by atoms with Gasteiger partial charge in [0.15, 0.2) is 0 Å². The number of aromatic nitrogens is 2. The highest BCUT2D eigenvalue weighted by Gasteiger charge is 2.31. The van der Waals surface area contributed by atoms with Crippen LogP contribution in [0.15, 0.2) is 30.3 Å². The predicted octanol–water partition coefficient (Wildman–Crippen LogP) is 2.30. The number of hydrazine groups is 1. The van der Waals surface area contributed by atoms with E-state index in [4.69, 9.17) is 5.84 Å². The molecule has 2 rings (SSSR count). The molecule has 1 aromatic carbocycles. The molecule has 1 unspecified atom stereocenters. The largest absolute Gasteiger partial charge is 0.416 e. The van der Waals surface area contributed by atoms with Gasteiger partial charge in [0.2, 0.25) is 0 Å². The third-order valence-electron chi connectivity index (χ3n) is 3.05. The minimum atomic E-state index is -4.38. The molecular formula is C13H15F3N4. The first-order chi connectivity index (χ1) is 9.32. The third-order valence-corrected chi connectivity index (χ3v) is 3.05. The van der Waals surface area contributed by atoms with E-state index in [0.29, 0.717) is 11.3 Å². The highest BCUT2D eigenvalue weighted by molar-refractivity contribution is 5.33. The normalized spacial score (nSPS) is 13.5. The second kappa shape index (κ2) is 5.26. The van der Waals surface area contributed by atoms with Gasteiger partial charge in [-0.05, 0) is 30.7 Å². The maximum absolute atomic E-state index is 12.8. The molecule has 1 atom stereocenters. The van der Waals surface area contributed by atoms with E-state index >= 15 is 0 Å². The lowest BCUT2D eigenvalue weighted by Gasteiger charge is -2.18. The zero-order valence-corrected chi connectivity index (χ0v) is 11.1. The molecule has 1 aromatic heterocycles. The van der Waals surface area contributed by atoms with Gasteiger partial charge in [-0.2, -0.15) is 18.3 Å². The second-order valence-electron chi connectivity index (χ2n) is 4.56. The minimum absolute atomic E-state index is 0.435. The van der Waals surface area contributed by atoms with E-state index < -0.39 is 17.8 Å². The van der Waals surface area contributed by atoms with E-state index in [1.165, 1.54) is 6.07 Å². The zero-order valence-electron chi connectivity index (χ0n) is 11.1. The Morgan fingerprint density at radius 1 is 1.30 bits per heavy atom. The van der Waals surface area contributed by atoms with Gasteiger partial charge in [-0.1, -0.05) is 12.1 Å². The van der Waals surface area contributed by atoms with E-state index in [9.17, 15) is 13.2 Å². The molecule has 7 heteroatoms. The monoisotopic (exact) mass is 284 g/mol. The number of nitrogens with one attached hydrogen (secondary N) is 1. The maximum atomic E-state index is 12.8. The molecule has 108 valence electrons. The smallest absolute Gasteiger partial charge is 0.271 e. The Hall–Kier alpha value is -1.86. The fraction of sp³-hybridized carbons (Fsp3) is 0.308. The fourth-order valence-electron chi connectivity index (χ4n) is 2.15. The summed E-state index contributed by atoms with van der Waals surface area (Å²) in [5.41, 5.74) is 3.75. The van der Waals surface area contributed by atoms with Crippen molar-refractivity contribution < 1.29 is 13.2 Å². The van der Waals surface area contributed by atoms with Crippen molar-refractivity contribution >= 4 is 0 Å². The van der Waals surface area contributed by atoms with Gasteiger partial charge in [-0.3, -0.25) is 10.5 Å². The molecule has 3 N–H and O–H groups in total. The number of rotatable bonds is 3. The Labute approximate surface area is 114 Å². The van der Waals surface area contributed by atoms with Crippen LogP contribution in [0.2, 0.25) is 0 Å². The second-order valence-corrected chi connectivity index (χ2v) is 4.56. The molecular weight excluding hydrogens is 269 g/mol. The predicted molar refractivity (Wildman–Crippen MR) is 68.6 cm³/mol. The van der Waals surface area contributed by atoms with Crippen LogP contribution in [0.1, 0.15) is 28.6 Å². The number of hydrogen-bond acceptors (Lipinski definition) is 3. The Kier molecular flexibility index (Phi) is 3.82. The topological polar surface area (TPSA) is 55.9 Å². The summed E-state index contributed by atoms with van der Waals surface area (Å²) < 4.78 is 39.9. The van der Waals surface area contributed by atoms with Crippen molar-refractivity contribution in [2.75, 3.05) is 0 Å². The Morgan fingerprint density at radius 2 is 2.00 bits per heavy atom. The molecule has 0 fully saturated rings. The number of nitrogens with two attached hydrogens (primary N) is 1. The highest BCUT2D eigenvalue weighted by atomic mass is 19.4. The van der Waals surface area contributed by atoms with E-state index in [2.05, 4.69) is 10.5 Å². The van der Waals surface area contributed by atoms with Gasteiger partial charge in [0.25, 0.3) is 0 Å². The molecule has 0 saturated heterocycles. The van der Waals surface area contributed by atoms with Crippen LogP contribution in [0.5, 0.6) is 0 Å². The van der Waals surface area contributed by atoms with Crippen LogP contribution in [0.25, 0.3) is 0 Å². The summed E-state index contributed by atoms with van der Waals surface area (Å²) in [5.74, 6) is 5.50. The molecule has 1 heterocycles. The summed E-state index contributed by atoms with van der Waals surface area (Å²) >= 11 is 0. The molecule has 0 aliphatic carbocycles. The van der Waals surface area contributed by atoms with Crippen molar-refractivity contribution in [1.82, 2.24) is 15.2 Å². The Morgan fingerprint density at radius 3 is 2.50 bits per heavy atom. The lowest BCUT2D eigenvalue weighted by atomic mass is 10.0. The van der Waals surface area contributed by atoms with Gasteiger partial charge in [0.05, 0.1) is 23.0 Å². The maximum Gasteiger partial charge on any atom is 0.416 e. The van der Waals surface area contributed by atoms with E-state index in [1.54, 1.807) is 23.9 Å². The van der Waals surface area contributed by atoms with Crippen molar-refractivity contribution in [3.8, 4) is 0 Å². The van der Waals surface area contributed by atoms with Crippen LogP contribution in [-0.2, 0) is 13.2 Å². The molecule has 0 saturated carbocycles. The molecule has 0 radical (unpaired) electrons. The number of benzene rings is 1. The van der Waals surface area contributed by atoms with Gasteiger partial charge >= 0.3 is 6.18 Å². The fourth-order valence-corrected chi connectivity index (χ4v) is 2.15. The molecule has 0 aliphatic rings. The average molecular weight is 284 g/mol. The molecule has 20 heavy (non-hydrogen) atoms. The summed E-state index contributed by atoms with van der Waals surface area (Å²) in [6, 6.07) is 6.32. The Bertz CT molecular complexity index is 604. The van der Waals surface area contributed by atoms with Crippen LogP contribution in [0.4, 0.5) is 13.2 Å². The molecule has 0 aliphatic heterocycles. The lowest BCUT2D eigenvalue weighted by molar-refractivity contribution is -0.137. The zero-order chi connectivity index (χ0) is 14.9. The van der Waals surface area contributed by atoms with E-state index in [0.717, 1.165) is 17.8 Å². The highest BCUT2D eigenvalue weighted by Crippen LogP contribution is 2.32. The number of hydrogen-bond donors (Lipinski definition) is 2. The number of halogens is 3. The van der Waals surface area contributed by atoms with E-state index in [-0.39, 0.29) is 0 Å². The molecule has 2 aromatic rings. The van der Waals surface area contributed by atoms with Gasteiger partial charge in [-0.15, -0.1) is 0 Å². The van der Waals surface area contributed by atoms with Crippen molar-refractivity contribution in [1.29, 1.82) is 0 Å². The Balaban J connectivity index is 2.45. The summed E-state index contributed by atoms with van der Waals surface area (Å²) in [5, 5.41) is 4.18. The number of nitrogens with zero attached hydrogens (tertiary/aromatic N) is 2. The number of alkyl halides is 3. The van der Waals surface area contributed by atoms with Crippen LogP contribution in [-0.4, -0.2) is 9.78 Å². The van der Waals surface area contributed by atoms with Gasteiger partial charge < -0.3 is 0 Å². The summed E-state index contributed by atoms with van der Waals surface area (Å²) in [7, 11) is 1.72. The summed E-state index contributed by atoms with van der Waals surface area (Å²) in [4.78, 5) is 0. The first-order valence-corrected chi connectivity index (χ1v) is 5.96. The van der Waals surface area contributed by atoms with Crippen molar-refractivity contribution in [3.05, 3.63) is 52.8 Å². The standard InChI is InChI=1S/C13H15F3N4/c1-8-6-11(20(2)19-8)12(18-17)9-4-3-5-10(7-9)13(14,15)16/h3-7,12,18H,17H2,1-2H3. The van der Waals surface area contributed by atoms with Gasteiger partial charge in [0, 0.05) is 7.05 Å². The van der Waals surface area contributed by atoms with Gasteiger partial charge in [-0.25, -0.2) is 5.43 Å². The number of aryl methyl sites for hydroxylation is 2. The summed E-state index contributed by atoms with van der Waals surface area (Å²) in [6.07, 6.45) is -4.38. The summed E-state index contributed by atoms with van der Waals surface area (Å²) in [6.45, 7) is 1.81. The lowest BCUT2D eigenvalue weighted by Crippen LogP contribution is -2.30. The van der Waals surface area contributed by atoms with Crippen molar-refractivity contribution in [3.63, 3.8) is 0 Å². The minimum Gasteiger partial charge on any atom is -0.271 e. The molecule has 0 amide bonds. The first kappa shape index (κ1) is 14.5. The van der Waals surface area contributed by atoms with Gasteiger partial charge in [0.1, 0.15) is 0 Å². The van der Waals surface area contributed by atoms with Crippen molar-refractivity contribution in [2.45, 2.75) is 19.1 Å². The van der Waals surface area contributed by atoms with Crippen LogP contribution < -0.4 is 11.3 Å². The van der Waals surface area contributed by atoms with Crippen LogP contribution in [0.3, 0.4) is 0 Å². The first-order valence-electron chi connectivity index (χ1n) is 5.96. The van der Waals surface area contributed by atoms with Crippen LogP contribution >= 0.6 is 0 Å². The molecule has 0 spiro atoms. The van der Waals surface area contributed by atoms with Crippen molar-refractivity contribution in [2.24, 2.45) is 12.9 Å². The van der Waals surface area contributed by atoms with Crippen LogP contribution in [0, 0.1) is 6.92 Å². The molecule has 0 bridgehead atoms. The third kappa shape index (κ3) is 2.83. The SMILES string of the molecule is Cc1cc(C(NN)c2cccc(C(F)(F)F)c2)n(C)n1. The average Bonchev–Trinajstić information content (AvgIpc) is 2.69. The van der Waals surface area contributed by atoms with E-state index in [1.807, 2.05) is 6.92 Å².